The van der Waals surface area contributed by atoms with Gasteiger partial charge in [-0.2, -0.15) is 10.5 Å². The topological polar surface area (TPSA) is 94.5 Å². The molecule has 0 unspecified atom stereocenters. The van der Waals surface area contributed by atoms with Crippen molar-refractivity contribution in [2.45, 2.75) is 39.3 Å². The minimum absolute atomic E-state index is 0.0911. The molecule has 140 valence electrons. The molecule has 0 saturated heterocycles. The van der Waals surface area contributed by atoms with Crippen molar-refractivity contribution in [3.63, 3.8) is 0 Å². The standard InChI is InChI=1S/C22H21N5O/c1-15-9-18(22(2,3)13-24)8-7-17(15)11-25-20(28)12-27-14-26-19-6-4-5-16(10-23)21(19)27/h4-9,14H,11-12H2,1-3H3,(H,25,28). The zero-order valence-corrected chi connectivity index (χ0v) is 16.2. The molecule has 1 amide bonds. The van der Waals surface area contributed by atoms with E-state index in [1.807, 2.05) is 45.0 Å². The molecule has 1 heterocycles. The van der Waals surface area contributed by atoms with E-state index in [1.54, 1.807) is 23.0 Å². The van der Waals surface area contributed by atoms with E-state index < -0.39 is 5.41 Å². The summed E-state index contributed by atoms with van der Waals surface area (Å²) in [7, 11) is 0. The van der Waals surface area contributed by atoms with Gasteiger partial charge in [-0.15, -0.1) is 0 Å². The molecule has 0 aliphatic rings. The molecular weight excluding hydrogens is 350 g/mol. The molecule has 1 aromatic heterocycles. The maximum Gasteiger partial charge on any atom is 0.240 e. The molecule has 0 bridgehead atoms. The van der Waals surface area contributed by atoms with E-state index in [9.17, 15) is 15.3 Å². The molecule has 1 N–H and O–H groups in total. The van der Waals surface area contributed by atoms with Gasteiger partial charge in [-0.05, 0) is 49.6 Å². The Bertz CT molecular complexity index is 1130. The van der Waals surface area contributed by atoms with E-state index in [-0.39, 0.29) is 12.5 Å². The Kier molecular flexibility index (Phi) is 5.15. The smallest absolute Gasteiger partial charge is 0.240 e. The number of nitrogens with zero attached hydrogens (tertiary/aromatic N) is 4. The lowest BCUT2D eigenvalue weighted by Gasteiger charge is -2.18. The summed E-state index contributed by atoms with van der Waals surface area (Å²) in [6.45, 7) is 6.23. The second kappa shape index (κ2) is 7.54. The molecule has 0 radical (unpaired) electrons. The summed E-state index contributed by atoms with van der Waals surface area (Å²) in [5, 5.41) is 21.5. The molecule has 3 aromatic rings. The zero-order chi connectivity index (χ0) is 20.3. The van der Waals surface area contributed by atoms with Gasteiger partial charge < -0.3 is 9.88 Å². The monoisotopic (exact) mass is 371 g/mol. The highest BCUT2D eigenvalue weighted by atomic mass is 16.1. The second-order valence-electron chi connectivity index (χ2n) is 7.31. The first-order chi connectivity index (χ1) is 13.4. The van der Waals surface area contributed by atoms with Crippen molar-refractivity contribution in [3.05, 3.63) is 65.0 Å². The molecule has 28 heavy (non-hydrogen) atoms. The number of carbonyl (C=O) groups excluding carboxylic acids is 1. The van der Waals surface area contributed by atoms with Crippen LogP contribution in [0.25, 0.3) is 11.0 Å². The summed E-state index contributed by atoms with van der Waals surface area (Å²) in [5.74, 6) is -0.159. The third kappa shape index (κ3) is 3.72. The van der Waals surface area contributed by atoms with Crippen molar-refractivity contribution in [2.75, 3.05) is 0 Å². The Balaban J connectivity index is 1.71. The first kappa shape index (κ1) is 19.1. The van der Waals surface area contributed by atoms with Crippen molar-refractivity contribution in [2.24, 2.45) is 0 Å². The Labute approximate surface area is 164 Å². The fraction of sp³-hybridized carbons (Fsp3) is 0.273. The highest BCUT2D eigenvalue weighted by Gasteiger charge is 2.20. The Hall–Kier alpha value is -3.64. The van der Waals surface area contributed by atoms with Crippen LogP contribution >= 0.6 is 0 Å². The largest absolute Gasteiger partial charge is 0.350 e. The fourth-order valence-electron chi connectivity index (χ4n) is 3.09. The maximum atomic E-state index is 12.4. The number of hydrogen-bond acceptors (Lipinski definition) is 4. The van der Waals surface area contributed by atoms with Gasteiger partial charge in [0.15, 0.2) is 0 Å². The summed E-state index contributed by atoms with van der Waals surface area (Å²) in [5.41, 5.74) is 4.29. The average molecular weight is 371 g/mol. The van der Waals surface area contributed by atoms with Crippen molar-refractivity contribution < 1.29 is 4.79 Å². The predicted molar refractivity (Wildman–Crippen MR) is 106 cm³/mol. The lowest BCUT2D eigenvalue weighted by atomic mass is 9.85. The minimum Gasteiger partial charge on any atom is -0.350 e. The lowest BCUT2D eigenvalue weighted by molar-refractivity contribution is -0.121. The van der Waals surface area contributed by atoms with Crippen molar-refractivity contribution in [1.82, 2.24) is 14.9 Å². The Morgan fingerprint density at radius 2 is 2.04 bits per heavy atom. The Morgan fingerprint density at radius 1 is 1.25 bits per heavy atom. The molecular formula is C22H21N5O. The van der Waals surface area contributed by atoms with Crippen molar-refractivity contribution in [3.8, 4) is 12.1 Å². The van der Waals surface area contributed by atoms with E-state index in [1.165, 1.54) is 0 Å². The summed E-state index contributed by atoms with van der Waals surface area (Å²) in [4.78, 5) is 16.7. The van der Waals surface area contributed by atoms with Gasteiger partial charge in [-0.25, -0.2) is 4.98 Å². The van der Waals surface area contributed by atoms with Gasteiger partial charge >= 0.3 is 0 Å². The maximum absolute atomic E-state index is 12.4. The molecule has 0 atom stereocenters. The van der Waals surface area contributed by atoms with E-state index in [2.05, 4.69) is 22.4 Å². The van der Waals surface area contributed by atoms with E-state index in [0.29, 0.717) is 23.1 Å². The first-order valence-corrected chi connectivity index (χ1v) is 8.97. The summed E-state index contributed by atoms with van der Waals surface area (Å²) >= 11 is 0. The molecule has 2 aromatic carbocycles. The van der Waals surface area contributed by atoms with Gasteiger partial charge in [0.2, 0.25) is 5.91 Å². The number of hydrogen-bond donors (Lipinski definition) is 1. The van der Waals surface area contributed by atoms with Crippen LogP contribution in [0.15, 0.2) is 42.7 Å². The normalized spacial score (nSPS) is 11.0. The fourth-order valence-corrected chi connectivity index (χ4v) is 3.09. The van der Waals surface area contributed by atoms with Gasteiger partial charge in [0, 0.05) is 6.54 Å². The number of imidazole rings is 1. The predicted octanol–water partition coefficient (Wildman–Crippen LogP) is 3.33. The van der Waals surface area contributed by atoms with E-state index >= 15 is 0 Å². The molecule has 0 aliphatic heterocycles. The minimum atomic E-state index is -0.548. The number of nitrogens with one attached hydrogen (secondary N) is 1. The number of nitriles is 2. The average Bonchev–Trinajstić information content (AvgIpc) is 3.09. The number of fused-ring (bicyclic) bond motifs is 1. The van der Waals surface area contributed by atoms with Crippen LogP contribution in [0.5, 0.6) is 0 Å². The number of amides is 1. The number of carbonyl (C=O) groups is 1. The van der Waals surface area contributed by atoms with Gasteiger partial charge in [0.25, 0.3) is 0 Å². The van der Waals surface area contributed by atoms with Crippen LogP contribution in [0.4, 0.5) is 0 Å². The molecule has 0 spiro atoms. The molecule has 0 fully saturated rings. The van der Waals surface area contributed by atoms with Crippen LogP contribution in [-0.4, -0.2) is 15.5 Å². The number of rotatable bonds is 5. The van der Waals surface area contributed by atoms with Gasteiger partial charge in [-0.3, -0.25) is 4.79 Å². The van der Waals surface area contributed by atoms with E-state index in [4.69, 9.17) is 0 Å². The Morgan fingerprint density at radius 3 is 2.71 bits per heavy atom. The molecule has 0 saturated carbocycles. The number of para-hydroxylation sites is 1. The third-order valence-electron chi connectivity index (χ3n) is 4.89. The molecule has 0 aliphatic carbocycles. The van der Waals surface area contributed by atoms with Gasteiger partial charge in [0.05, 0.1) is 34.4 Å². The van der Waals surface area contributed by atoms with Crippen molar-refractivity contribution >= 4 is 16.9 Å². The van der Waals surface area contributed by atoms with Crippen LogP contribution in [0.3, 0.4) is 0 Å². The molecule has 6 nitrogen and oxygen atoms in total. The molecule has 6 heteroatoms. The highest BCUT2D eigenvalue weighted by Crippen LogP contribution is 2.24. The summed E-state index contributed by atoms with van der Waals surface area (Å²) < 4.78 is 1.69. The number of benzene rings is 2. The quantitative estimate of drug-likeness (QED) is 0.744. The highest BCUT2D eigenvalue weighted by molar-refractivity contribution is 5.84. The van der Waals surface area contributed by atoms with Crippen LogP contribution in [0, 0.1) is 29.6 Å². The third-order valence-corrected chi connectivity index (χ3v) is 4.89. The van der Waals surface area contributed by atoms with Crippen molar-refractivity contribution in [1.29, 1.82) is 10.5 Å². The summed E-state index contributed by atoms with van der Waals surface area (Å²) in [6.07, 6.45) is 1.58. The molecule has 3 rings (SSSR count). The first-order valence-electron chi connectivity index (χ1n) is 8.97. The second-order valence-corrected chi connectivity index (χ2v) is 7.31. The van der Waals surface area contributed by atoms with Crippen LogP contribution in [0.1, 0.15) is 36.1 Å². The lowest BCUT2D eigenvalue weighted by Crippen LogP contribution is -2.27. The van der Waals surface area contributed by atoms with Gasteiger partial charge in [0.1, 0.15) is 12.6 Å². The van der Waals surface area contributed by atoms with Gasteiger partial charge in [-0.1, -0.05) is 24.3 Å². The number of aromatic nitrogens is 2. The number of aryl methyl sites for hydroxylation is 1. The van der Waals surface area contributed by atoms with Crippen LogP contribution in [-0.2, 0) is 23.3 Å². The SMILES string of the molecule is Cc1cc(C(C)(C)C#N)ccc1CNC(=O)Cn1cnc2cccc(C#N)c21. The van der Waals surface area contributed by atoms with Crippen LogP contribution < -0.4 is 5.32 Å². The summed E-state index contributed by atoms with van der Waals surface area (Å²) in [6, 6.07) is 15.6. The van der Waals surface area contributed by atoms with Crippen LogP contribution in [0.2, 0.25) is 0 Å². The zero-order valence-electron chi connectivity index (χ0n) is 16.2. The van der Waals surface area contributed by atoms with E-state index in [0.717, 1.165) is 16.7 Å².